The van der Waals surface area contributed by atoms with Gasteiger partial charge in [-0.15, -0.1) is 4.41 Å². The maximum atomic E-state index is 11.7. The van der Waals surface area contributed by atoms with Gasteiger partial charge in [-0.05, 0) is 32.7 Å². The third-order valence-electron chi connectivity index (χ3n) is 1.89. The van der Waals surface area contributed by atoms with Crippen LogP contribution in [0.15, 0.2) is 11.1 Å². The van der Waals surface area contributed by atoms with Crippen molar-refractivity contribution in [3.8, 4) is 0 Å². The molecule has 0 saturated heterocycles. The van der Waals surface area contributed by atoms with Crippen molar-refractivity contribution in [3.63, 3.8) is 0 Å². The van der Waals surface area contributed by atoms with Gasteiger partial charge in [-0.3, -0.25) is 0 Å². The number of nitrogens with zero attached hydrogens (tertiary/aromatic N) is 1. The van der Waals surface area contributed by atoms with Gasteiger partial charge in [0.05, 0.1) is 13.2 Å². The number of carbonyl (C=O) groups is 2. The van der Waals surface area contributed by atoms with E-state index in [0.717, 1.165) is 4.91 Å². The molecule has 0 unspecified atom stereocenters. The fourth-order valence-corrected chi connectivity index (χ4v) is 2.02. The Hall–Kier alpha value is -1.21. The van der Waals surface area contributed by atoms with E-state index in [2.05, 4.69) is 5.43 Å². The zero-order chi connectivity index (χ0) is 12.8. The van der Waals surface area contributed by atoms with Gasteiger partial charge in [0.25, 0.3) is 0 Å². The van der Waals surface area contributed by atoms with Gasteiger partial charge in [-0.1, -0.05) is 0 Å². The molecule has 0 fully saturated rings. The van der Waals surface area contributed by atoms with Gasteiger partial charge in [-0.25, -0.2) is 9.59 Å². The monoisotopic (exact) mass is 260 g/mol. The van der Waals surface area contributed by atoms with E-state index in [1.165, 1.54) is 16.4 Å². The Balaban J connectivity index is 2.72. The van der Waals surface area contributed by atoms with Crippen LogP contribution >= 0.6 is 11.9 Å². The van der Waals surface area contributed by atoms with Gasteiger partial charge in [0.2, 0.25) is 6.04 Å². The number of hydrazine groups is 1. The third-order valence-corrected chi connectivity index (χ3v) is 2.81. The highest BCUT2D eigenvalue weighted by molar-refractivity contribution is 8.01. The Morgan fingerprint density at radius 3 is 2.24 bits per heavy atom. The van der Waals surface area contributed by atoms with Crippen LogP contribution in [0.3, 0.4) is 0 Å². The first kappa shape index (κ1) is 13.9. The fourth-order valence-electron chi connectivity index (χ4n) is 1.22. The molecule has 1 aliphatic heterocycles. The smallest absolute Gasteiger partial charge is 0.337 e. The molecule has 17 heavy (non-hydrogen) atoms. The summed E-state index contributed by atoms with van der Waals surface area (Å²) >= 11 is 1.26. The Morgan fingerprint density at radius 2 is 1.88 bits per heavy atom. The average molecular weight is 260 g/mol. The van der Waals surface area contributed by atoms with Crippen LogP contribution < -0.4 is 5.43 Å². The van der Waals surface area contributed by atoms with E-state index in [-0.39, 0.29) is 13.2 Å². The van der Waals surface area contributed by atoms with Crippen molar-refractivity contribution in [3.05, 3.63) is 11.1 Å². The van der Waals surface area contributed by atoms with Crippen molar-refractivity contribution >= 4 is 23.9 Å². The second-order valence-electron chi connectivity index (χ2n) is 3.21. The predicted molar refractivity (Wildman–Crippen MR) is 63.4 cm³/mol. The maximum Gasteiger partial charge on any atom is 0.337 e. The van der Waals surface area contributed by atoms with E-state index in [1.807, 2.05) is 6.92 Å². The SMILES string of the molecule is CCOC(=O)C(C(=O)OCC)N1NC=C(C)S1. The van der Waals surface area contributed by atoms with Crippen LogP contribution in [0.5, 0.6) is 0 Å². The molecule has 7 heteroatoms. The van der Waals surface area contributed by atoms with Crippen molar-refractivity contribution in [1.82, 2.24) is 9.84 Å². The van der Waals surface area contributed by atoms with Gasteiger partial charge >= 0.3 is 11.9 Å². The first-order valence-electron chi connectivity index (χ1n) is 5.33. The summed E-state index contributed by atoms with van der Waals surface area (Å²) in [4.78, 5) is 24.4. The summed E-state index contributed by atoms with van der Waals surface area (Å²) in [5, 5.41) is 0. The summed E-state index contributed by atoms with van der Waals surface area (Å²) in [6.45, 7) is 5.69. The molecule has 0 atom stereocenters. The first-order chi connectivity index (χ1) is 8.10. The van der Waals surface area contributed by atoms with Crippen LogP contribution in [0, 0.1) is 0 Å². The van der Waals surface area contributed by atoms with E-state index in [0.29, 0.717) is 0 Å². The molecule has 0 aromatic carbocycles. The molecule has 96 valence electrons. The number of nitrogens with one attached hydrogen (secondary N) is 1. The number of hydrogen-bond acceptors (Lipinski definition) is 7. The van der Waals surface area contributed by atoms with Gasteiger partial charge in [-0.2, -0.15) is 0 Å². The summed E-state index contributed by atoms with van der Waals surface area (Å²) in [7, 11) is 0. The molecule has 0 aromatic rings. The number of hydrogen-bond donors (Lipinski definition) is 1. The minimum absolute atomic E-state index is 0.222. The van der Waals surface area contributed by atoms with Crippen LogP contribution in [-0.2, 0) is 19.1 Å². The molecule has 0 bridgehead atoms. The molecule has 1 rings (SSSR count). The van der Waals surface area contributed by atoms with Gasteiger partial charge in [0.1, 0.15) is 0 Å². The predicted octanol–water partition coefficient (Wildman–Crippen LogP) is 0.811. The van der Waals surface area contributed by atoms with Crippen molar-refractivity contribution in [2.45, 2.75) is 26.8 Å². The standard InChI is InChI=1S/C10H16N2O4S/c1-4-15-9(13)8(10(14)16-5-2)12-11-6-7(3)17-12/h6,8,11H,4-5H2,1-3H3. The summed E-state index contributed by atoms with van der Waals surface area (Å²) < 4.78 is 11.1. The number of carbonyl (C=O) groups excluding carboxylic acids is 2. The highest BCUT2D eigenvalue weighted by Crippen LogP contribution is 2.26. The molecule has 0 amide bonds. The Kier molecular flexibility index (Phi) is 5.30. The normalized spacial score (nSPS) is 15.4. The van der Waals surface area contributed by atoms with Crippen LogP contribution in [-0.4, -0.2) is 35.6 Å². The second kappa shape index (κ2) is 6.51. The lowest BCUT2D eigenvalue weighted by Crippen LogP contribution is -2.48. The molecule has 0 spiro atoms. The van der Waals surface area contributed by atoms with Crippen LogP contribution in [0.1, 0.15) is 20.8 Å². The molecule has 0 saturated carbocycles. The van der Waals surface area contributed by atoms with Crippen molar-refractivity contribution < 1.29 is 19.1 Å². The van der Waals surface area contributed by atoms with E-state index in [4.69, 9.17) is 9.47 Å². The molecular formula is C10H16N2O4S. The third kappa shape index (κ3) is 3.64. The van der Waals surface area contributed by atoms with Crippen molar-refractivity contribution in [1.29, 1.82) is 0 Å². The lowest BCUT2D eigenvalue weighted by Gasteiger charge is -2.22. The van der Waals surface area contributed by atoms with E-state index >= 15 is 0 Å². The lowest BCUT2D eigenvalue weighted by molar-refractivity contribution is -0.161. The highest BCUT2D eigenvalue weighted by atomic mass is 32.2. The lowest BCUT2D eigenvalue weighted by atomic mass is 10.3. The zero-order valence-corrected chi connectivity index (χ0v) is 10.9. The quantitative estimate of drug-likeness (QED) is 0.445. The highest BCUT2D eigenvalue weighted by Gasteiger charge is 2.38. The summed E-state index contributed by atoms with van der Waals surface area (Å²) in [6.07, 6.45) is 1.70. The largest absolute Gasteiger partial charge is 0.464 e. The second-order valence-corrected chi connectivity index (χ2v) is 4.43. The van der Waals surface area contributed by atoms with Crippen molar-refractivity contribution in [2.75, 3.05) is 13.2 Å². The summed E-state index contributed by atoms with van der Waals surface area (Å²) in [5.74, 6) is -1.23. The van der Waals surface area contributed by atoms with E-state index in [1.54, 1.807) is 20.0 Å². The Bertz CT molecular complexity index is 314. The molecule has 0 aliphatic carbocycles. The Labute approximate surface area is 104 Å². The summed E-state index contributed by atoms with van der Waals surface area (Å²) in [6, 6.07) is -1.09. The molecule has 0 aromatic heterocycles. The zero-order valence-electron chi connectivity index (χ0n) is 10.1. The number of ether oxygens (including phenoxy) is 2. The van der Waals surface area contributed by atoms with Gasteiger partial charge in [0.15, 0.2) is 0 Å². The van der Waals surface area contributed by atoms with Crippen LogP contribution in [0.25, 0.3) is 0 Å². The summed E-state index contributed by atoms with van der Waals surface area (Å²) in [5.41, 5.74) is 2.82. The van der Waals surface area contributed by atoms with Crippen LogP contribution in [0.4, 0.5) is 0 Å². The number of esters is 2. The number of allylic oxidation sites excluding steroid dienone is 1. The molecular weight excluding hydrogens is 244 g/mol. The minimum atomic E-state index is -1.09. The molecule has 1 N–H and O–H groups in total. The van der Waals surface area contributed by atoms with Crippen LogP contribution in [0.2, 0.25) is 0 Å². The fraction of sp³-hybridized carbons (Fsp3) is 0.600. The molecule has 1 heterocycles. The minimum Gasteiger partial charge on any atom is -0.464 e. The molecule has 1 aliphatic rings. The Morgan fingerprint density at radius 1 is 1.35 bits per heavy atom. The van der Waals surface area contributed by atoms with E-state index in [9.17, 15) is 9.59 Å². The average Bonchev–Trinajstić information content (AvgIpc) is 2.66. The number of rotatable bonds is 5. The first-order valence-corrected chi connectivity index (χ1v) is 6.10. The molecule has 0 radical (unpaired) electrons. The van der Waals surface area contributed by atoms with Gasteiger partial charge < -0.3 is 14.9 Å². The van der Waals surface area contributed by atoms with E-state index < -0.39 is 18.0 Å². The topological polar surface area (TPSA) is 67.9 Å². The molecule has 6 nitrogen and oxygen atoms in total. The van der Waals surface area contributed by atoms with Gasteiger partial charge in [0, 0.05) is 11.1 Å². The maximum absolute atomic E-state index is 11.7. The van der Waals surface area contributed by atoms with Crippen molar-refractivity contribution in [2.24, 2.45) is 0 Å².